The van der Waals surface area contributed by atoms with Crippen LogP contribution in [0, 0.1) is 6.92 Å². The Morgan fingerprint density at radius 3 is 2.59 bits per heavy atom. The lowest BCUT2D eigenvalue weighted by atomic mass is 10.1. The Balaban J connectivity index is 2.85. The number of rotatable bonds is 4. The number of nitrogen functional groups attached to an aromatic ring is 1. The van der Waals surface area contributed by atoms with Gasteiger partial charge in [-0.1, -0.05) is 11.6 Å². The summed E-state index contributed by atoms with van der Waals surface area (Å²) in [4.78, 5) is 0. The summed E-state index contributed by atoms with van der Waals surface area (Å²) in [5.41, 5.74) is 7.93. The zero-order chi connectivity index (χ0) is 13.2. The Hall–Kier alpha value is -0.940. The second-order valence-electron chi connectivity index (χ2n) is 4.33. The van der Waals surface area contributed by atoms with Crippen molar-refractivity contribution in [2.24, 2.45) is 0 Å². The number of hydrogen-bond donors (Lipinski definition) is 2. The molecule has 0 amide bonds. The van der Waals surface area contributed by atoms with E-state index in [4.69, 9.17) is 17.3 Å². The molecular weight excluding hydrogens is 260 g/mol. The molecule has 6 heteroatoms. The number of sulfone groups is 1. The fraction of sp³-hybridized carbons (Fsp3) is 0.455. The van der Waals surface area contributed by atoms with Crippen molar-refractivity contribution in [3.63, 3.8) is 0 Å². The summed E-state index contributed by atoms with van der Waals surface area (Å²) in [7, 11) is -2.99. The third-order valence-corrected chi connectivity index (χ3v) is 3.73. The molecule has 1 atom stereocenters. The second-order valence-corrected chi connectivity index (χ2v) is 6.92. The van der Waals surface area contributed by atoms with Crippen LogP contribution >= 0.6 is 11.6 Å². The van der Waals surface area contributed by atoms with Gasteiger partial charge in [-0.3, -0.25) is 0 Å². The summed E-state index contributed by atoms with van der Waals surface area (Å²) in [6.45, 7) is 3.70. The smallest absolute Gasteiger partial charge is 0.149 e. The molecule has 17 heavy (non-hydrogen) atoms. The molecule has 0 aliphatic heterocycles. The number of aryl methyl sites for hydroxylation is 1. The van der Waals surface area contributed by atoms with E-state index in [1.54, 1.807) is 12.1 Å². The van der Waals surface area contributed by atoms with Crippen molar-refractivity contribution in [3.8, 4) is 0 Å². The first-order valence-corrected chi connectivity index (χ1v) is 7.63. The summed E-state index contributed by atoms with van der Waals surface area (Å²) >= 11 is 5.92. The van der Waals surface area contributed by atoms with Crippen LogP contribution in [0.5, 0.6) is 0 Å². The minimum Gasteiger partial charge on any atom is -0.398 e. The Morgan fingerprint density at radius 1 is 1.47 bits per heavy atom. The molecule has 0 fully saturated rings. The molecule has 0 heterocycles. The minimum atomic E-state index is -2.99. The maximum atomic E-state index is 11.2. The summed E-state index contributed by atoms with van der Waals surface area (Å²) in [6.07, 6.45) is 1.22. The molecule has 1 rings (SSSR count). The van der Waals surface area contributed by atoms with Crippen molar-refractivity contribution in [2.75, 3.05) is 23.1 Å². The van der Waals surface area contributed by atoms with Crippen LogP contribution in [0.15, 0.2) is 12.1 Å². The van der Waals surface area contributed by atoms with Crippen molar-refractivity contribution >= 4 is 32.8 Å². The van der Waals surface area contributed by atoms with Gasteiger partial charge in [0.05, 0.1) is 16.5 Å². The molecule has 0 aliphatic carbocycles. The van der Waals surface area contributed by atoms with E-state index >= 15 is 0 Å². The molecular formula is C11H17ClN2O2S. The zero-order valence-corrected chi connectivity index (χ0v) is 11.7. The molecule has 1 aromatic carbocycles. The number of anilines is 2. The van der Waals surface area contributed by atoms with Crippen molar-refractivity contribution in [1.82, 2.24) is 0 Å². The Labute approximate surface area is 107 Å². The molecule has 4 nitrogen and oxygen atoms in total. The van der Waals surface area contributed by atoms with E-state index in [1.165, 1.54) is 6.26 Å². The molecule has 0 bridgehead atoms. The monoisotopic (exact) mass is 276 g/mol. The maximum Gasteiger partial charge on any atom is 0.149 e. The number of nitrogens with one attached hydrogen (secondary N) is 1. The van der Waals surface area contributed by atoms with Crippen LogP contribution in [0.3, 0.4) is 0 Å². The van der Waals surface area contributed by atoms with Crippen LogP contribution in [0.25, 0.3) is 0 Å². The van der Waals surface area contributed by atoms with E-state index in [-0.39, 0.29) is 11.8 Å². The largest absolute Gasteiger partial charge is 0.398 e. The molecule has 1 aromatic rings. The molecule has 0 saturated carbocycles. The first kappa shape index (κ1) is 14.1. The highest BCUT2D eigenvalue weighted by atomic mass is 35.5. The van der Waals surface area contributed by atoms with Gasteiger partial charge in [0.25, 0.3) is 0 Å². The van der Waals surface area contributed by atoms with Gasteiger partial charge in [-0.25, -0.2) is 8.42 Å². The van der Waals surface area contributed by atoms with Crippen LogP contribution in [0.4, 0.5) is 11.4 Å². The molecule has 96 valence electrons. The summed E-state index contributed by atoms with van der Waals surface area (Å²) < 4.78 is 22.3. The molecule has 0 spiro atoms. The van der Waals surface area contributed by atoms with Gasteiger partial charge in [0, 0.05) is 18.0 Å². The third kappa shape index (κ3) is 4.44. The van der Waals surface area contributed by atoms with Crippen LogP contribution in [-0.2, 0) is 9.84 Å². The fourth-order valence-electron chi connectivity index (χ4n) is 1.62. The maximum absolute atomic E-state index is 11.2. The number of halogens is 1. The highest BCUT2D eigenvalue weighted by Crippen LogP contribution is 2.27. The van der Waals surface area contributed by atoms with Crippen LogP contribution < -0.4 is 11.1 Å². The van der Waals surface area contributed by atoms with Crippen LogP contribution in [-0.4, -0.2) is 26.5 Å². The highest BCUT2D eigenvalue weighted by molar-refractivity contribution is 7.90. The summed E-state index contributed by atoms with van der Waals surface area (Å²) in [6, 6.07) is 3.30. The van der Waals surface area contributed by atoms with Crippen LogP contribution in [0.1, 0.15) is 12.5 Å². The quantitative estimate of drug-likeness (QED) is 0.826. The van der Waals surface area contributed by atoms with Crippen molar-refractivity contribution in [3.05, 3.63) is 22.7 Å². The molecule has 0 aliphatic rings. The van der Waals surface area contributed by atoms with Gasteiger partial charge >= 0.3 is 0 Å². The van der Waals surface area contributed by atoms with E-state index in [2.05, 4.69) is 5.32 Å². The van der Waals surface area contributed by atoms with E-state index in [0.717, 1.165) is 11.3 Å². The van der Waals surface area contributed by atoms with Gasteiger partial charge in [0.1, 0.15) is 9.84 Å². The Bertz CT molecular complexity index is 514. The number of hydrogen-bond acceptors (Lipinski definition) is 4. The average Bonchev–Trinajstić information content (AvgIpc) is 2.11. The predicted molar refractivity (Wildman–Crippen MR) is 73.4 cm³/mol. The van der Waals surface area contributed by atoms with E-state index in [0.29, 0.717) is 10.7 Å². The molecule has 3 N–H and O–H groups in total. The van der Waals surface area contributed by atoms with E-state index in [1.807, 2.05) is 13.8 Å². The van der Waals surface area contributed by atoms with Gasteiger partial charge in [-0.05, 0) is 31.5 Å². The van der Waals surface area contributed by atoms with E-state index < -0.39 is 9.84 Å². The number of benzene rings is 1. The molecule has 1 unspecified atom stereocenters. The summed E-state index contributed by atoms with van der Waals surface area (Å²) in [5.74, 6) is 0.0778. The SMILES string of the molecule is Cc1cc(N)c(Cl)cc1NC(C)CS(C)(=O)=O. The predicted octanol–water partition coefficient (Wildman–Crippen LogP) is 2.08. The first-order valence-electron chi connectivity index (χ1n) is 5.19. The lowest BCUT2D eigenvalue weighted by molar-refractivity contribution is 0.598. The topological polar surface area (TPSA) is 72.2 Å². The third-order valence-electron chi connectivity index (χ3n) is 2.30. The lowest BCUT2D eigenvalue weighted by Gasteiger charge is -2.17. The zero-order valence-electron chi connectivity index (χ0n) is 10.1. The minimum absolute atomic E-state index is 0.0778. The van der Waals surface area contributed by atoms with Crippen LogP contribution in [0.2, 0.25) is 5.02 Å². The fourth-order valence-corrected chi connectivity index (χ4v) is 2.78. The van der Waals surface area contributed by atoms with Gasteiger partial charge in [0.2, 0.25) is 0 Å². The molecule has 0 saturated heterocycles. The highest BCUT2D eigenvalue weighted by Gasteiger charge is 2.12. The average molecular weight is 277 g/mol. The van der Waals surface area contributed by atoms with Crippen molar-refractivity contribution < 1.29 is 8.42 Å². The van der Waals surface area contributed by atoms with Gasteiger partial charge in [0.15, 0.2) is 0 Å². The normalized spacial score (nSPS) is 13.4. The summed E-state index contributed by atoms with van der Waals surface area (Å²) in [5, 5.41) is 3.58. The van der Waals surface area contributed by atoms with E-state index in [9.17, 15) is 8.42 Å². The molecule has 0 radical (unpaired) electrons. The second kappa shape index (κ2) is 5.14. The Morgan fingerprint density at radius 2 is 2.06 bits per heavy atom. The Kier molecular flexibility index (Phi) is 4.27. The lowest BCUT2D eigenvalue weighted by Crippen LogP contribution is -2.25. The molecule has 0 aromatic heterocycles. The van der Waals surface area contributed by atoms with Crippen molar-refractivity contribution in [2.45, 2.75) is 19.9 Å². The van der Waals surface area contributed by atoms with Gasteiger partial charge < -0.3 is 11.1 Å². The first-order chi connectivity index (χ1) is 7.69. The van der Waals surface area contributed by atoms with Gasteiger partial charge in [-0.2, -0.15) is 0 Å². The standard InChI is InChI=1S/C11H17ClN2O2S/c1-7-4-10(13)9(12)5-11(7)14-8(2)6-17(3,15)16/h4-5,8,14H,6,13H2,1-3H3. The number of nitrogens with two attached hydrogens (primary N) is 1. The van der Waals surface area contributed by atoms with Crippen molar-refractivity contribution in [1.29, 1.82) is 0 Å². The van der Waals surface area contributed by atoms with Gasteiger partial charge in [-0.15, -0.1) is 0 Å².